The molecule has 0 aliphatic carbocycles. The van der Waals surface area contributed by atoms with Crippen LogP contribution in [0.2, 0.25) is 0 Å². The molecule has 1 amide bonds. The number of para-hydroxylation sites is 1. The zero-order valence-electron chi connectivity index (χ0n) is 11.5. The van der Waals surface area contributed by atoms with Gasteiger partial charge >= 0.3 is 0 Å². The molecule has 0 spiro atoms. The third-order valence-electron chi connectivity index (χ3n) is 3.69. The van der Waals surface area contributed by atoms with Crippen LogP contribution in [-0.2, 0) is 7.05 Å². The lowest BCUT2D eigenvalue weighted by Crippen LogP contribution is -2.32. The van der Waals surface area contributed by atoms with Crippen molar-refractivity contribution >= 4 is 11.6 Å². The van der Waals surface area contributed by atoms with Crippen LogP contribution >= 0.6 is 0 Å². The molecular formula is C15H18N4O. The Hall–Kier alpha value is -2.14. The quantitative estimate of drug-likeness (QED) is 0.860. The number of benzene rings is 1. The number of nitrogens with two attached hydrogens (primary N) is 1. The molecule has 1 aromatic heterocycles. The number of hydrogen-bond acceptors (Lipinski definition) is 3. The van der Waals surface area contributed by atoms with Gasteiger partial charge in [-0.3, -0.25) is 4.79 Å². The standard InChI is InChI=1S/C15H18N4O/c1-18-9-13(17-10-18)15(20)19-8-4-6-12(16)11-5-2-3-7-14(11)19/h2-3,5,7,9-10,12H,4,6,8,16H2,1H3. The molecule has 3 rings (SSSR count). The zero-order valence-corrected chi connectivity index (χ0v) is 11.5. The Balaban J connectivity index is 2.01. The van der Waals surface area contributed by atoms with Gasteiger partial charge in [-0.1, -0.05) is 18.2 Å². The third-order valence-corrected chi connectivity index (χ3v) is 3.69. The molecule has 20 heavy (non-hydrogen) atoms. The van der Waals surface area contributed by atoms with Crippen LogP contribution in [0.4, 0.5) is 5.69 Å². The van der Waals surface area contributed by atoms with Gasteiger partial charge in [0.15, 0.2) is 0 Å². The van der Waals surface area contributed by atoms with Crippen molar-refractivity contribution in [1.82, 2.24) is 9.55 Å². The van der Waals surface area contributed by atoms with Crippen molar-refractivity contribution in [3.8, 4) is 0 Å². The molecule has 0 saturated carbocycles. The van der Waals surface area contributed by atoms with Gasteiger partial charge in [-0.25, -0.2) is 4.98 Å². The highest BCUT2D eigenvalue weighted by Crippen LogP contribution is 2.31. The number of nitrogens with zero attached hydrogens (tertiary/aromatic N) is 3. The normalized spacial score (nSPS) is 18.5. The Morgan fingerprint density at radius 2 is 2.20 bits per heavy atom. The van der Waals surface area contributed by atoms with E-state index in [-0.39, 0.29) is 11.9 Å². The maximum Gasteiger partial charge on any atom is 0.278 e. The summed E-state index contributed by atoms with van der Waals surface area (Å²) in [5.74, 6) is -0.0628. The molecule has 0 fully saturated rings. The van der Waals surface area contributed by atoms with Crippen LogP contribution in [0.3, 0.4) is 0 Å². The Kier molecular flexibility index (Phi) is 3.28. The molecule has 2 aromatic rings. The SMILES string of the molecule is Cn1cnc(C(=O)N2CCCC(N)c3ccccc32)c1. The molecule has 104 valence electrons. The minimum Gasteiger partial charge on any atom is -0.340 e. The first-order chi connectivity index (χ1) is 9.66. The fourth-order valence-corrected chi connectivity index (χ4v) is 2.66. The minimum atomic E-state index is -0.0628. The second kappa shape index (κ2) is 5.09. The van der Waals surface area contributed by atoms with Crippen LogP contribution < -0.4 is 10.6 Å². The third kappa shape index (κ3) is 2.20. The predicted octanol–water partition coefficient (Wildman–Crippen LogP) is 1.86. The maximum absolute atomic E-state index is 12.6. The molecule has 2 N–H and O–H groups in total. The maximum atomic E-state index is 12.6. The zero-order chi connectivity index (χ0) is 14.1. The number of aromatic nitrogens is 2. The van der Waals surface area contributed by atoms with Crippen molar-refractivity contribution in [1.29, 1.82) is 0 Å². The fraction of sp³-hybridized carbons (Fsp3) is 0.333. The Labute approximate surface area is 118 Å². The molecule has 1 atom stereocenters. The lowest BCUT2D eigenvalue weighted by molar-refractivity contribution is 0.0982. The number of carbonyl (C=O) groups is 1. The molecule has 0 radical (unpaired) electrons. The van der Waals surface area contributed by atoms with Gasteiger partial charge in [0.25, 0.3) is 5.91 Å². The van der Waals surface area contributed by atoms with Crippen molar-refractivity contribution < 1.29 is 4.79 Å². The summed E-state index contributed by atoms with van der Waals surface area (Å²) in [5.41, 5.74) is 8.61. The smallest absolute Gasteiger partial charge is 0.278 e. The molecule has 5 heteroatoms. The lowest BCUT2D eigenvalue weighted by Gasteiger charge is -2.22. The number of imidazole rings is 1. The topological polar surface area (TPSA) is 64.2 Å². The Morgan fingerprint density at radius 1 is 1.40 bits per heavy atom. The van der Waals surface area contributed by atoms with E-state index in [1.165, 1.54) is 0 Å². The average Bonchev–Trinajstić information content (AvgIpc) is 2.82. The summed E-state index contributed by atoms with van der Waals surface area (Å²) >= 11 is 0. The van der Waals surface area contributed by atoms with Gasteiger partial charge in [0, 0.05) is 31.5 Å². The van der Waals surface area contributed by atoms with E-state index in [0.29, 0.717) is 12.2 Å². The lowest BCUT2D eigenvalue weighted by atomic mass is 10.0. The highest BCUT2D eigenvalue weighted by molar-refractivity contribution is 6.05. The van der Waals surface area contributed by atoms with Crippen LogP contribution in [-0.4, -0.2) is 22.0 Å². The Morgan fingerprint density at radius 3 is 2.95 bits per heavy atom. The largest absolute Gasteiger partial charge is 0.340 e. The van der Waals surface area contributed by atoms with Crippen LogP contribution in [0.5, 0.6) is 0 Å². The summed E-state index contributed by atoms with van der Waals surface area (Å²) in [5, 5.41) is 0. The highest BCUT2D eigenvalue weighted by atomic mass is 16.2. The van der Waals surface area contributed by atoms with Gasteiger partial charge in [0.05, 0.1) is 6.33 Å². The van der Waals surface area contributed by atoms with Crippen molar-refractivity contribution in [2.75, 3.05) is 11.4 Å². The molecule has 1 aliphatic rings. The molecular weight excluding hydrogens is 252 g/mol. The number of aryl methyl sites for hydroxylation is 1. The molecule has 5 nitrogen and oxygen atoms in total. The molecule has 1 unspecified atom stereocenters. The van der Waals surface area contributed by atoms with E-state index in [0.717, 1.165) is 24.1 Å². The summed E-state index contributed by atoms with van der Waals surface area (Å²) in [7, 11) is 1.86. The predicted molar refractivity (Wildman–Crippen MR) is 77.5 cm³/mol. The van der Waals surface area contributed by atoms with Gasteiger partial charge in [0.1, 0.15) is 5.69 Å². The summed E-state index contributed by atoms with van der Waals surface area (Å²) in [4.78, 5) is 18.6. The van der Waals surface area contributed by atoms with Crippen LogP contribution in [0.25, 0.3) is 0 Å². The summed E-state index contributed by atoms with van der Waals surface area (Å²) in [6.45, 7) is 0.681. The van der Waals surface area contributed by atoms with E-state index in [2.05, 4.69) is 4.98 Å². The van der Waals surface area contributed by atoms with Gasteiger partial charge < -0.3 is 15.2 Å². The van der Waals surface area contributed by atoms with Crippen LogP contribution in [0, 0.1) is 0 Å². The monoisotopic (exact) mass is 270 g/mol. The van der Waals surface area contributed by atoms with E-state index in [4.69, 9.17) is 5.73 Å². The summed E-state index contributed by atoms with van der Waals surface area (Å²) in [6, 6.07) is 7.86. The number of carbonyl (C=O) groups excluding carboxylic acids is 1. The summed E-state index contributed by atoms with van der Waals surface area (Å²) < 4.78 is 1.78. The number of anilines is 1. The molecule has 2 heterocycles. The van der Waals surface area contributed by atoms with Crippen LogP contribution in [0.1, 0.15) is 34.9 Å². The Bertz CT molecular complexity index is 634. The van der Waals surface area contributed by atoms with Crippen molar-refractivity contribution in [3.05, 3.63) is 48.0 Å². The van der Waals surface area contributed by atoms with Crippen molar-refractivity contribution in [3.63, 3.8) is 0 Å². The van der Waals surface area contributed by atoms with E-state index < -0.39 is 0 Å². The first kappa shape index (κ1) is 12.9. The molecule has 1 aliphatic heterocycles. The highest BCUT2D eigenvalue weighted by Gasteiger charge is 2.26. The molecule has 0 bridgehead atoms. The number of amides is 1. The number of fused-ring (bicyclic) bond motifs is 1. The van der Waals surface area contributed by atoms with Gasteiger partial charge in [-0.2, -0.15) is 0 Å². The van der Waals surface area contributed by atoms with Crippen LogP contribution in [0.15, 0.2) is 36.8 Å². The van der Waals surface area contributed by atoms with E-state index in [1.807, 2.05) is 31.3 Å². The average molecular weight is 270 g/mol. The van der Waals surface area contributed by atoms with Crippen molar-refractivity contribution in [2.45, 2.75) is 18.9 Å². The number of rotatable bonds is 1. The number of hydrogen-bond donors (Lipinski definition) is 1. The van der Waals surface area contributed by atoms with E-state index in [1.54, 1.807) is 22.0 Å². The van der Waals surface area contributed by atoms with E-state index >= 15 is 0 Å². The second-order valence-electron chi connectivity index (χ2n) is 5.19. The summed E-state index contributed by atoms with van der Waals surface area (Å²) in [6.07, 6.45) is 5.18. The van der Waals surface area contributed by atoms with Gasteiger partial charge in [0.2, 0.25) is 0 Å². The molecule has 0 saturated heterocycles. The molecule has 1 aromatic carbocycles. The van der Waals surface area contributed by atoms with Gasteiger partial charge in [-0.15, -0.1) is 0 Å². The van der Waals surface area contributed by atoms with Gasteiger partial charge in [-0.05, 0) is 24.5 Å². The minimum absolute atomic E-state index is 0.00673. The van der Waals surface area contributed by atoms with E-state index in [9.17, 15) is 4.79 Å². The fourth-order valence-electron chi connectivity index (χ4n) is 2.66. The first-order valence-electron chi connectivity index (χ1n) is 6.81. The van der Waals surface area contributed by atoms with Crippen molar-refractivity contribution in [2.24, 2.45) is 12.8 Å². The second-order valence-corrected chi connectivity index (χ2v) is 5.19. The first-order valence-corrected chi connectivity index (χ1v) is 6.81.